The van der Waals surface area contributed by atoms with Gasteiger partial charge in [0.15, 0.2) is 0 Å². The Morgan fingerprint density at radius 2 is 1.29 bits per heavy atom. The molecule has 0 fully saturated rings. The first-order chi connectivity index (χ1) is 19.6. The average Bonchev–Trinajstić information content (AvgIpc) is 2.94. The molecule has 0 amide bonds. The summed E-state index contributed by atoms with van der Waals surface area (Å²) in [6, 6.07) is 0. The Kier molecular flexibility index (Phi) is 26.1. The van der Waals surface area contributed by atoms with Crippen molar-refractivity contribution in [1.29, 1.82) is 0 Å². The molecule has 0 aliphatic heterocycles. The lowest BCUT2D eigenvalue weighted by atomic mass is 9.99. The summed E-state index contributed by atoms with van der Waals surface area (Å²) in [4.78, 5) is 12.2. The van der Waals surface area contributed by atoms with E-state index in [9.17, 15) is 14.5 Å². The van der Waals surface area contributed by atoms with Gasteiger partial charge in [0, 0.05) is 11.9 Å². The summed E-state index contributed by atoms with van der Waals surface area (Å²) in [6.45, 7) is 13.0. The molecule has 0 saturated heterocycles. The van der Waals surface area contributed by atoms with Crippen LogP contribution in [0.5, 0.6) is 0 Å². The fourth-order valence-corrected chi connectivity index (χ4v) is 6.19. The van der Waals surface area contributed by atoms with Crippen LogP contribution in [0.2, 0.25) is 0 Å². The van der Waals surface area contributed by atoms with Gasteiger partial charge in [-0.25, -0.2) is 4.79 Å². The van der Waals surface area contributed by atoms with Crippen LogP contribution < -0.4 is 0 Å². The molecule has 0 radical (unpaired) electrons. The number of hydrogen-bond acceptors (Lipinski definition) is 7. The maximum Gasteiger partial charge on any atom is 0.379 e. The van der Waals surface area contributed by atoms with Crippen LogP contribution in [0.4, 0.5) is 0 Å². The van der Waals surface area contributed by atoms with E-state index in [1.807, 2.05) is 20.8 Å². The van der Waals surface area contributed by atoms with Crippen molar-refractivity contribution >= 4 is 26.2 Å². The fourth-order valence-electron chi connectivity index (χ4n) is 4.55. The second-order valence-corrected chi connectivity index (χ2v) is 14.9. The van der Waals surface area contributed by atoms with Crippen LogP contribution in [0.15, 0.2) is 0 Å². The highest BCUT2D eigenvalue weighted by Crippen LogP contribution is 2.27. The second-order valence-electron chi connectivity index (χ2n) is 12.8. The quantitative estimate of drug-likeness (QED) is 0.0386. The molecule has 0 saturated carbocycles. The van der Waals surface area contributed by atoms with E-state index in [1.165, 1.54) is 115 Å². The zero-order chi connectivity index (χ0) is 30.8. The fraction of sp³-hybridized carbons (Fsp3) is 0.970. The summed E-state index contributed by atoms with van der Waals surface area (Å²) in [5, 5.41) is 10.8. The largest absolute Gasteiger partial charge is 0.461 e. The Labute approximate surface area is 259 Å². The van der Waals surface area contributed by atoms with E-state index in [0.717, 1.165) is 0 Å². The zero-order valence-electron chi connectivity index (χ0n) is 27.6. The van der Waals surface area contributed by atoms with Gasteiger partial charge in [-0.2, -0.15) is 11.8 Å². The number of esters is 1. The topological polar surface area (TPSA) is 82.1 Å². The highest BCUT2D eigenvalue weighted by atomic mass is 32.2. The third-order valence-corrected chi connectivity index (χ3v) is 9.32. The summed E-state index contributed by atoms with van der Waals surface area (Å²) in [5.74, 6) is 0.153. The van der Waals surface area contributed by atoms with Crippen LogP contribution in [0.1, 0.15) is 157 Å². The van der Waals surface area contributed by atoms with E-state index >= 15 is 0 Å². The molecule has 0 aliphatic rings. The first-order valence-electron chi connectivity index (χ1n) is 16.7. The number of carbonyl (C=O) groups is 1. The summed E-state index contributed by atoms with van der Waals surface area (Å²) >= 11 is 2.06. The molecule has 3 unspecified atom stereocenters. The minimum atomic E-state index is -2.47. The smallest absolute Gasteiger partial charge is 0.379 e. The molecule has 244 valence electrons. The Morgan fingerprint density at radius 3 is 1.80 bits per heavy atom. The molecule has 0 aromatic rings. The summed E-state index contributed by atoms with van der Waals surface area (Å²) < 4.78 is 28.0. The predicted octanol–water partition coefficient (Wildman–Crippen LogP) is 10.1. The van der Waals surface area contributed by atoms with E-state index in [-0.39, 0.29) is 24.7 Å². The van der Waals surface area contributed by atoms with Crippen molar-refractivity contribution in [2.24, 2.45) is 5.41 Å². The molecule has 0 rings (SSSR count). The Balaban J connectivity index is 4.35. The van der Waals surface area contributed by atoms with Gasteiger partial charge in [0.25, 0.3) is 0 Å². The van der Waals surface area contributed by atoms with Crippen LogP contribution in [0.3, 0.4) is 0 Å². The van der Waals surface area contributed by atoms with Crippen molar-refractivity contribution in [3.8, 4) is 0 Å². The van der Waals surface area contributed by atoms with Gasteiger partial charge in [0.2, 0.25) is 8.46 Å². The van der Waals surface area contributed by atoms with Gasteiger partial charge in [-0.3, -0.25) is 4.57 Å². The van der Waals surface area contributed by atoms with E-state index in [1.54, 1.807) is 0 Å². The van der Waals surface area contributed by atoms with Crippen LogP contribution in [-0.4, -0.2) is 53.5 Å². The molecule has 0 aliphatic carbocycles. The van der Waals surface area contributed by atoms with Gasteiger partial charge in [-0.15, -0.1) is 0 Å². The number of thioether (sulfide) groups is 1. The molecular formula is C33H65O6PS. The molecule has 6 nitrogen and oxygen atoms in total. The summed E-state index contributed by atoms with van der Waals surface area (Å²) in [6.07, 6.45) is 23.2. The third kappa shape index (κ3) is 23.9. The van der Waals surface area contributed by atoms with Crippen molar-refractivity contribution in [1.82, 2.24) is 0 Å². The molecular weight excluding hydrogens is 555 g/mol. The number of rotatable bonds is 29. The molecule has 8 heteroatoms. The van der Waals surface area contributed by atoms with E-state index in [0.29, 0.717) is 18.3 Å². The van der Waals surface area contributed by atoms with Gasteiger partial charge >= 0.3 is 11.5 Å². The minimum absolute atomic E-state index is 0.0522. The Morgan fingerprint density at radius 1 is 0.780 bits per heavy atom. The highest BCUT2D eigenvalue weighted by Gasteiger charge is 2.41. The second kappa shape index (κ2) is 26.2. The lowest BCUT2D eigenvalue weighted by Gasteiger charge is -2.25. The molecule has 0 heterocycles. The number of aliphatic hydroxyl groups is 1. The normalized spacial score (nSPS) is 15.1. The van der Waals surface area contributed by atoms with Crippen molar-refractivity contribution in [3.05, 3.63) is 0 Å². The van der Waals surface area contributed by atoms with Gasteiger partial charge < -0.3 is 19.3 Å². The molecule has 0 aromatic carbocycles. The number of carbonyl (C=O) groups excluding carboxylic acids is 1. The lowest BCUT2D eigenvalue weighted by Crippen LogP contribution is -2.39. The molecule has 3 atom stereocenters. The Hall–Kier alpha value is -0.200. The number of hydrogen-bond donors (Lipinski definition) is 1. The molecule has 0 bridgehead atoms. The van der Waals surface area contributed by atoms with Crippen molar-refractivity contribution in [2.75, 3.05) is 25.6 Å². The van der Waals surface area contributed by atoms with Gasteiger partial charge in [-0.1, -0.05) is 131 Å². The van der Waals surface area contributed by atoms with Crippen LogP contribution in [0.25, 0.3) is 0 Å². The van der Waals surface area contributed by atoms with E-state index in [2.05, 4.69) is 32.5 Å². The predicted molar refractivity (Wildman–Crippen MR) is 175 cm³/mol. The maximum atomic E-state index is 12.2. The van der Waals surface area contributed by atoms with Gasteiger partial charge in [-0.05, 0) is 37.4 Å². The molecule has 0 spiro atoms. The summed E-state index contributed by atoms with van der Waals surface area (Å²) in [7, 11) is -0.829. The molecule has 0 aromatic heterocycles. The van der Waals surface area contributed by atoms with Crippen molar-refractivity contribution in [2.45, 2.75) is 174 Å². The monoisotopic (exact) mass is 620 g/mol. The lowest BCUT2D eigenvalue weighted by molar-refractivity contribution is -0.198. The SMILES string of the molecule is CCCCCCCCCCCCCSC(CCCCCCC)C(C)OCCCOC(O)(P=O)C(=O)OCC(C)(C)C. The third-order valence-electron chi connectivity index (χ3n) is 7.19. The van der Waals surface area contributed by atoms with Crippen LogP contribution in [0, 0.1) is 5.41 Å². The van der Waals surface area contributed by atoms with E-state index in [4.69, 9.17) is 14.2 Å². The molecule has 1 N–H and O–H groups in total. The molecule has 41 heavy (non-hydrogen) atoms. The van der Waals surface area contributed by atoms with Crippen molar-refractivity contribution in [3.63, 3.8) is 0 Å². The average molecular weight is 621 g/mol. The van der Waals surface area contributed by atoms with Crippen molar-refractivity contribution < 1.29 is 28.7 Å². The van der Waals surface area contributed by atoms with Gasteiger partial charge in [0.1, 0.15) is 0 Å². The highest BCUT2D eigenvalue weighted by molar-refractivity contribution is 7.99. The zero-order valence-corrected chi connectivity index (χ0v) is 29.3. The number of ether oxygens (including phenoxy) is 3. The minimum Gasteiger partial charge on any atom is -0.461 e. The number of unbranched alkanes of at least 4 members (excludes halogenated alkanes) is 14. The first kappa shape index (κ1) is 40.8. The van der Waals surface area contributed by atoms with Crippen LogP contribution >= 0.6 is 20.2 Å². The Bertz CT molecular complexity index is 629. The van der Waals surface area contributed by atoms with E-state index < -0.39 is 20.0 Å². The van der Waals surface area contributed by atoms with Gasteiger partial charge in [0.05, 0.1) is 19.3 Å². The maximum absolute atomic E-state index is 12.2. The first-order valence-corrected chi connectivity index (χ1v) is 18.6. The van der Waals surface area contributed by atoms with Crippen LogP contribution in [-0.2, 0) is 23.6 Å². The standard InChI is InChI=1S/C33H65O6PS/c1-7-9-11-13-14-15-16-17-18-20-22-27-41-30(24-21-19-12-10-8-2)29(3)37-25-23-26-39-33(35,40-36)31(34)38-28-32(4,5)6/h29-30,35H,7-28H2,1-6H3. The summed E-state index contributed by atoms with van der Waals surface area (Å²) in [5.41, 5.74) is -2.74.